The highest BCUT2D eigenvalue weighted by atomic mass is 16.2. The number of rotatable bonds is 5. The third-order valence-electron chi connectivity index (χ3n) is 4.46. The molecule has 3 heteroatoms. The molecule has 98 valence electrons. The van der Waals surface area contributed by atoms with E-state index in [0.29, 0.717) is 18.5 Å². The first-order valence-corrected chi connectivity index (χ1v) is 7.26. The van der Waals surface area contributed by atoms with Gasteiger partial charge in [0.2, 0.25) is 5.91 Å². The van der Waals surface area contributed by atoms with Crippen molar-refractivity contribution in [3.63, 3.8) is 0 Å². The smallest absolute Gasteiger partial charge is 0.223 e. The molecule has 0 aliphatic heterocycles. The van der Waals surface area contributed by atoms with Crippen molar-refractivity contribution in [2.75, 3.05) is 6.54 Å². The summed E-state index contributed by atoms with van der Waals surface area (Å²) in [6, 6.07) is 0.475. The number of hydrogen-bond acceptors (Lipinski definition) is 2. The molecule has 2 fully saturated rings. The van der Waals surface area contributed by atoms with Crippen molar-refractivity contribution < 1.29 is 4.79 Å². The number of hydrogen-bond donors (Lipinski definition) is 2. The lowest BCUT2D eigenvalue weighted by atomic mass is 9.79. The van der Waals surface area contributed by atoms with Gasteiger partial charge in [0, 0.05) is 12.0 Å². The van der Waals surface area contributed by atoms with Crippen LogP contribution in [0, 0.1) is 17.8 Å². The monoisotopic (exact) mass is 238 g/mol. The average molecular weight is 238 g/mol. The SMILES string of the molecule is CCCC1CC1NC(=O)C1CCCCC1CN. The van der Waals surface area contributed by atoms with E-state index in [1.54, 1.807) is 0 Å². The van der Waals surface area contributed by atoms with Crippen LogP contribution in [0.25, 0.3) is 0 Å². The minimum atomic E-state index is 0.191. The average Bonchev–Trinajstić information content (AvgIpc) is 3.07. The van der Waals surface area contributed by atoms with Gasteiger partial charge < -0.3 is 11.1 Å². The van der Waals surface area contributed by atoms with Gasteiger partial charge >= 0.3 is 0 Å². The third-order valence-corrected chi connectivity index (χ3v) is 4.46. The van der Waals surface area contributed by atoms with E-state index in [0.717, 1.165) is 18.8 Å². The molecule has 2 saturated carbocycles. The van der Waals surface area contributed by atoms with Crippen molar-refractivity contribution in [3.05, 3.63) is 0 Å². The fourth-order valence-corrected chi connectivity index (χ4v) is 3.24. The first kappa shape index (κ1) is 12.9. The summed E-state index contributed by atoms with van der Waals surface area (Å²) >= 11 is 0. The third kappa shape index (κ3) is 3.21. The van der Waals surface area contributed by atoms with Gasteiger partial charge in [0.1, 0.15) is 0 Å². The van der Waals surface area contributed by atoms with Gasteiger partial charge in [0.15, 0.2) is 0 Å². The Morgan fingerprint density at radius 2 is 2.06 bits per heavy atom. The van der Waals surface area contributed by atoms with E-state index in [9.17, 15) is 4.79 Å². The Balaban J connectivity index is 1.79. The van der Waals surface area contributed by atoms with Crippen LogP contribution in [0.4, 0.5) is 0 Å². The molecule has 4 unspecified atom stereocenters. The molecule has 0 spiro atoms. The van der Waals surface area contributed by atoms with Gasteiger partial charge in [0.05, 0.1) is 0 Å². The van der Waals surface area contributed by atoms with Gasteiger partial charge in [-0.05, 0) is 44.1 Å². The van der Waals surface area contributed by atoms with Crippen LogP contribution < -0.4 is 11.1 Å². The standard InChI is InChI=1S/C14H26N2O/c1-2-5-10-8-13(10)16-14(17)12-7-4-3-6-11(12)9-15/h10-13H,2-9,15H2,1H3,(H,16,17). The lowest BCUT2D eigenvalue weighted by Crippen LogP contribution is -2.40. The van der Waals surface area contributed by atoms with Crippen molar-refractivity contribution >= 4 is 5.91 Å². The molecule has 3 nitrogen and oxygen atoms in total. The van der Waals surface area contributed by atoms with Crippen LogP contribution in [-0.2, 0) is 4.79 Å². The van der Waals surface area contributed by atoms with E-state index in [2.05, 4.69) is 12.2 Å². The van der Waals surface area contributed by atoms with Crippen molar-refractivity contribution in [1.29, 1.82) is 0 Å². The van der Waals surface area contributed by atoms with E-state index in [1.165, 1.54) is 32.1 Å². The lowest BCUT2D eigenvalue weighted by molar-refractivity contribution is -0.127. The molecule has 3 N–H and O–H groups in total. The second kappa shape index (κ2) is 5.85. The maximum atomic E-state index is 12.2. The summed E-state index contributed by atoms with van der Waals surface area (Å²) in [7, 11) is 0. The number of nitrogens with one attached hydrogen (secondary N) is 1. The van der Waals surface area contributed by atoms with Gasteiger partial charge in [-0.3, -0.25) is 4.79 Å². The highest BCUT2D eigenvalue weighted by Gasteiger charge is 2.39. The largest absolute Gasteiger partial charge is 0.353 e. The van der Waals surface area contributed by atoms with Crippen molar-refractivity contribution in [2.45, 2.75) is 57.9 Å². The Bertz CT molecular complexity index is 267. The first-order chi connectivity index (χ1) is 8.26. The molecule has 0 aromatic carbocycles. The molecule has 0 radical (unpaired) electrons. The topological polar surface area (TPSA) is 55.1 Å². The predicted octanol–water partition coefficient (Wildman–Crippen LogP) is 2.06. The van der Waals surface area contributed by atoms with E-state index >= 15 is 0 Å². The minimum Gasteiger partial charge on any atom is -0.353 e. The molecule has 0 saturated heterocycles. The van der Waals surface area contributed by atoms with Crippen molar-refractivity contribution in [3.8, 4) is 0 Å². The van der Waals surface area contributed by atoms with Crippen LogP contribution in [0.15, 0.2) is 0 Å². The van der Waals surface area contributed by atoms with E-state index in [-0.39, 0.29) is 11.8 Å². The summed E-state index contributed by atoms with van der Waals surface area (Å²) in [5.41, 5.74) is 5.77. The van der Waals surface area contributed by atoms with Crippen LogP contribution in [-0.4, -0.2) is 18.5 Å². The fraction of sp³-hybridized carbons (Fsp3) is 0.929. The van der Waals surface area contributed by atoms with Crippen LogP contribution in [0.1, 0.15) is 51.9 Å². The van der Waals surface area contributed by atoms with Gasteiger partial charge in [-0.25, -0.2) is 0 Å². The van der Waals surface area contributed by atoms with Crippen LogP contribution >= 0.6 is 0 Å². The van der Waals surface area contributed by atoms with Gasteiger partial charge in [-0.15, -0.1) is 0 Å². The zero-order valence-electron chi connectivity index (χ0n) is 11.0. The fourth-order valence-electron chi connectivity index (χ4n) is 3.24. The molecule has 17 heavy (non-hydrogen) atoms. The highest BCUT2D eigenvalue weighted by Crippen LogP contribution is 2.36. The summed E-state index contributed by atoms with van der Waals surface area (Å²) in [5.74, 6) is 1.65. The number of carbonyl (C=O) groups excluding carboxylic acids is 1. The Hall–Kier alpha value is -0.570. The van der Waals surface area contributed by atoms with E-state index < -0.39 is 0 Å². The zero-order valence-corrected chi connectivity index (χ0v) is 11.0. The lowest BCUT2D eigenvalue weighted by Gasteiger charge is -2.29. The summed E-state index contributed by atoms with van der Waals surface area (Å²) in [6.07, 6.45) is 8.29. The molecular weight excluding hydrogens is 212 g/mol. The Kier molecular flexibility index (Phi) is 4.43. The molecule has 0 heterocycles. The molecule has 2 aliphatic carbocycles. The molecule has 2 aliphatic rings. The van der Waals surface area contributed by atoms with Gasteiger partial charge in [-0.1, -0.05) is 26.2 Å². The van der Waals surface area contributed by atoms with Crippen LogP contribution in [0.3, 0.4) is 0 Å². The highest BCUT2D eigenvalue weighted by molar-refractivity contribution is 5.79. The Morgan fingerprint density at radius 1 is 1.29 bits per heavy atom. The summed E-state index contributed by atoms with van der Waals surface area (Å²) in [5, 5.41) is 3.23. The number of amides is 1. The minimum absolute atomic E-state index is 0.191. The Labute approximate surface area is 105 Å². The molecule has 1 amide bonds. The zero-order chi connectivity index (χ0) is 12.3. The van der Waals surface area contributed by atoms with Gasteiger partial charge in [0.25, 0.3) is 0 Å². The summed E-state index contributed by atoms with van der Waals surface area (Å²) < 4.78 is 0. The van der Waals surface area contributed by atoms with Crippen molar-refractivity contribution in [1.82, 2.24) is 5.32 Å². The Morgan fingerprint density at radius 3 is 2.76 bits per heavy atom. The normalized spacial score (nSPS) is 36.6. The quantitative estimate of drug-likeness (QED) is 0.770. The van der Waals surface area contributed by atoms with Crippen LogP contribution in [0.2, 0.25) is 0 Å². The molecule has 0 bridgehead atoms. The molecule has 2 rings (SSSR count). The maximum Gasteiger partial charge on any atom is 0.223 e. The molecule has 0 aromatic rings. The number of carbonyl (C=O) groups is 1. The second-order valence-electron chi connectivity index (χ2n) is 5.79. The molecule has 4 atom stereocenters. The van der Waals surface area contributed by atoms with Crippen LogP contribution in [0.5, 0.6) is 0 Å². The summed E-state index contributed by atoms with van der Waals surface area (Å²) in [6.45, 7) is 2.88. The second-order valence-corrected chi connectivity index (χ2v) is 5.79. The number of nitrogens with two attached hydrogens (primary N) is 1. The maximum absolute atomic E-state index is 12.2. The summed E-state index contributed by atoms with van der Waals surface area (Å²) in [4.78, 5) is 12.2. The van der Waals surface area contributed by atoms with Gasteiger partial charge in [-0.2, -0.15) is 0 Å². The predicted molar refractivity (Wildman–Crippen MR) is 69.4 cm³/mol. The van der Waals surface area contributed by atoms with Crippen molar-refractivity contribution in [2.24, 2.45) is 23.5 Å². The van der Waals surface area contributed by atoms with E-state index in [1.807, 2.05) is 0 Å². The molecular formula is C14H26N2O. The molecule has 0 aromatic heterocycles. The van der Waals surface area contributed by atoms with E-state index in [4.69, 9.17) is 5.73 Å². The first-order valence-electron chi connectivity index (χ1n) is 7.26.